The van der Waals surface area contributed by atoms with Crippen molar-refractivity contribution in [3.05, 3.63) is 53.3 Å². The Balaban J connectivity index is 2.20. The maximum Gasteiger partial charge on any atom is 0.255 e. The number of amides is 1. The molecular formula is C20H24FNO3. The fourth-order valence-electron chi connectivity index (χ4n) is 2.22. The van der Waals surface area contributed by atoms with Gasteiger partial charge in [-0.3, -0.25) is 4.79 Å². The van der Waals surface area contributed by atoms with E-state index in [1.807, 2.05) is 13.8 Å². The molecule has 0 atom stereocenters. The molecule has 0 heterocycles. The number of carbonyl (C=O) groups excluding carboxylic acids is 1. The number of rotatable bonds is 8. The van der Waals surface area contributed by atoms with Gasteiger partial charge in [0.05, 0.1) is 18.9 Å². The quantitative estimate of drug-likeness (QED) is 0.735. The number of nitrogens with one attached hydrogen (secondary N) is 1. The van der Waals surface area contributed by atoms with Gasteiger partial charge in [0.1, 0.15) is 5.82 Å². The lowest BCUT2D eigenvalue weighted by Crippen LogP contribution is -2.13. The van der Waals surface area contributed by atoms with Crippen LogP contribution in [-0.2, 0) is 0 Å². The molecule has 2 aromatic rings. The Labute approximate surface area is 148 Å². The van der Waals surface area contributed by atoms with Crippen LogP contribution >= 0.6 is 0 Å². The minimum Gasteiger partial charge on any atom is -0.490 e. The normalized spacial score (nSPS) is 10.4. The molecule has 0 aliphatic heterocycles. The van der Waals surface area contributed by atoms with E-state index in [2.05, 4.69) is 5.32 Å². The van der Waals surface area contributed by atoms with E-state index in [-0.39, 0.29) is 5.69 Å². The number of hydrogen-bond acceptors (Lipinski definition) is 3. The number of halogens is 1. The average molecular weight is 345 g/mol. The Hall–Kier alpha value is -2.56. The predicted molar refractivity (Wildman–Crippen MR) is 97.1 cm³/mol. The van der Waals surface area contributed by atoms with Crippen LogP contribution in [0.3, 0.4) is 0 Å². The van der Waals surface area contributed by atoms with Crippen LogP contribution in [0.2, 0.25) is 0 Å². The van der Waals surface area contributed by atoms with Crippen LogP contribution in [0.4, 0.5) is 10.1 Å². The van der Waals surface area contributed by atoms with Crippen molar-refractivity contribution < 1.29 is 18.7 Å². The molecule has 0 fully saturated rings. The maximum absolute atomic E-state index is 13.9. The van der Waals surface area contributed by atoms with Gasteiger partial charge in [0.2, 0.25) is 0 Å². The zero-order chi connectivity index (χ0) is 18.2. The molecule has 0 radical (unpaired) electrons. The number of carbonyl (C=O) groups is 1. The molecular weight excluding hydrogens is 321 g/mol. The van der Waals surface area contributed by atoms with Gasteiger partial charge in [-0.05, 0) is 55.7 Å². The van der Waals surface area contributed by atoms with E-state index >= 15 is 0 Å². The fourth-order valence-corrected chi connectivity index (χ4v) is 2.22. The Bertz CT molecular complexity index is 731. The summed E-state index contributed by atoms with van der Waals surface area (Å²) in [6.45, 7) is 6.91. The number of benzene rings is 2. The summed E-state index contributed by atoms with van der Waals surface area (Å²) < 4.78 is 25.3. The lowest BCUT2D eigenvalue weighted by atomic mass is 10.1. The summed E-state index contributed by atoms with van der Waals surface area (Å²) in [5, 5.41) is 2.59. The van der Waals surface area contributed by atoms with Gasteiger partial charge in [0.15, 0.2) is 11.5 Å². The van der Waals surface area contributed by atoms with Crippen molar-refractivity contribution in [3.8, 4) is 11.5 Å². The van der Waals surface area contributed by atoms with Gasteiger partial charge in [-0.25, -0.2) is 4.39 Å². The molecule has 4 nitrogen and oxygen atoms in total. The summed E-state index contributed by atoms with van der Waals surface area (Å²) in [5.74, 6) is 0.269. The van der Waals surface area contributed by atoms with Gasteiger partial charge < -0.3 is 14.8 Å². The molecule has 0 unspecified atom stereocenters. The van der Waals surface area contributed by atoms with Crippen molar-refractivity contribution in [2.75, 3.05) is 18.5 Å². The average Bonchev–Trinajstić information content (AvgIpc) is 2.60. The van der Waals surface area contributed by atoms with E-state index in [9.17, 15) is 9.18 Å². The highest BCUT2D eigenvalue weighted by Gasteiger charge is 2.13. The van der Waals surface area contributed by atoms with Gasteiger partial charge in [-0.1, -0.05) is 19.9 Å². The van der Waals surface area contributed by atoms with Crippen LogP contribution in [-0.4, -0.2) is 19.1 Å². The van der Waals surface area contributed by atoms with E-state index in [0.29, 0.717) is 30.3 Å². The molecule has 25 heavy (non-hydrogen) atoms. The number of anilines is 1. The third-order valence-corrected chi connectivity index (χ3v) is 3.50. The van der Waals surface area contributed by atoms with E-state index in [0.717, 1.165) is 18.4 Å². The van der Waals surface area contributed by atoms with Crippen molar-refractivity contribution in [3.63, 3.8) is 0 Å². The Morgan fingerprint density at radius 3 is 2.32 bits per heavy atom. The molecule has 2 rings (SSSR count). The predicted octanol–water partition coefficient (Wildman–Crippen LogP) is 4.96. The highest BCUT2D eigenvalue weighted by Crippen LogP contribution is 2.29. The molecule has 0 saturated carbocycles. The van der Waals surface area contributed by atoms with Crippen LogP contribution in [0, 0.1) is 12.7 Å². The van der Waals surface area contributed by atoms with E-state index in [1.165, 1.54) is 6.07 Å². The monoisotopic (exact) mass is 345 g/mol. The summed E-state index contributed by atoms with van der Waals surface area (Å²) in [6, 6.07) is 9.66. The van der Waals surface area contributed by atoms with Gasteiger partial charge in [-0.2, -0.15) is 0 Å². The molecule has 2 aromatic carbocycles. The van der Waals surface area contributed by atoms with E-state index in [1.54, 1.807) is 37.3 Å². The van der Waals surface area contributed by atoms with Crippen LogP contribution in [0.1, 0.15) is 42.6 Å². The van der Waals surface area contributed by atoms with Gasteiger partial charge in [0.25, 0.3) is 5.91 Å². The standard InChI is InChI=1S/C20H24FNO3/c1-4-10-24-18-9-7-15(13-19(18)25-11-5-2)20(23)22-17-8-6-14(3)12-16(17)21/h6-9,12-13H,4-5,10-11H2,1-3H3,(H,22,23). The molecule has 0 aromatic heterocycles. The summed E-state index contributed by atoms with van der Waals surface area (Å²) in [7, 11) is 0. The zero-order valence-corrected chi connectivity index (χ0v) is 14.9. The first-order valence-electron chi connectivity index (χ1n) is 8.52. The lowest BCUT2D eigenvalue weighted by Gasteiger charge is -2.14. The largest absolute Gasteiger partial charge is 0.490 e. The summed E-state index contributed by atoms with van der Waals surface area (Å²) in [5.41, 5.74) is 1.33. The molecule has 0 bridgehead atoms. The van der Waals surface area contributed by atoms with Crippen LogP contribution in [0.5, 0.6) is 11.5 Å². The highest BCUT2D eigenvalue weighted by molar-refractivity contribution is 6.04. The molecule has 1 N–H and O–H groups in total. The fraction of sp³-hybridized carbons (Fsp3) is 0.350. The van der Waals surface area contributed by atoms with Crippen molar-refractivity contribution in [1.29, 1.82) is 0 Å². The van der Waals surface area contributed by atoms with Crippen LogP contribution < -0.4 is 14.8 Å². The van der Waals surface area contributed by atoms with Crippen molar-refractivity contribution in [2.24, 2.45) is 0 Å². The van der Waals surface area contributed by atoms with Crippen molar-refractivity contribution >= 4 is 11.6 Å². The molecule has 0 aliphatic carbocycles. The maximum atomic E-state index is 13.9. The van der Waals surface area contributed by atoms with Crippen molar-refractivity contribution in [2.45, 2.75) is 33.6 Å². The highest BCUT2D eigenvalue weighted by atomic mass is 19.1. The van der Waals surface area contributed by atoms with E-state index < -0.39 is 11.7 Å². The van der Waals surface area contributed by atoms with Crippen LogP contribution in [0.25, 0.3) is 0 Å². The van der Waals surface area contributed by atoms with Gasteiger partial charge in [-0.15, -0.1) is 0 Å². The summed E-state index contributed by atoms with van der Waals surface area (Å²) >= 11 is 0. The van der Waals surface area contributed by atoms with Gasteiger partial charge in [0, 0.05) is 5.56 Å². The number of aryl methyl sites for hydroxylation is 1. The SMILES string of the molecule is CCCOc1ccc(C(=O)Nc2ccc(C)cc2F)cc1OCCC. The molecule has 0 saturated heterocycles. The minimum atomic E-state index is -0.460. The molecule has 134 valence electrons. The topological polar surface area (TPSA) is 47.6 Å². The third-order valence-electron chi connectivity index (χ3n) is 3.50. The summed E-state index contributed by atoms with van der Waals surface area (Å²) in [6.07, 6.45) is 1.72. The molecule has 0 aliphatic rings. The summed E-state index contributed by atoms with van der Waals surface area (Å²) in [4.78, 5) is 12.4. The zero-order valence-electron chi connectivity index (χ0n) is 14.9. The van der Waals surface area contributed by atoms with Crippen molar-refractivity contribution in [1.82, 2.24) is 0 Å². The second-order valence-electron chi connectivity index (χ2n) is 5.80. The molecule has 0 spiro atoms. The number of hydrogen-bond donors (Lipinski definition) is 1. The molecule has 1 amide bonds. The first-order valence-corrected chi connectivity index (χ1v) is 8.52. The number of ether oxygens (including phenoxy) is 2. The first-order chi connectivity index (χ1) is 12.0. The van der Waals surface area contributed by atoms with E-state index in [4.69, 9.17) is 9.47 Å². The van der Waals surface area contributed by atoms with Crippen LogP contribution in [0.15, 0.2) is 36.4 Å². The Morgan fingerprint density at radius 2 is 1.68 bits per heavy atom. The van der Waals surface area contributed by atoms with Gasteiger partial charge >= 0.3 is 0 Å². The second kappa shape index (κ2) is 9.06. The minimum absolute atomic E-state index is 0.151. The smallest absolute Gasteiger partial charge is 0.255 e. The second-order valence-corrected chi connectivity index (χ2v) is 5.80. The lowest BCUT2D eigenvalue weighted by molar-refractivity contribution is 0.102. The first kappa shape index (κ1) is 18.8. The Morgan fingerprint density at radius 1 is 1.00 bits per heavy atom. The third kappa shape index (κ3) is 5.21. The molecule has 5 heteroatoms. The Kier molecular flexibility index (Phi) is 6.81.